The Hall–Kier alpha value is -0.830. The van der Waals surface area contributed by atoms with E-state index in [9.17, 15) is 4.79 Å². The van der Waals surface area contributed by atoms with Crippen LogP contribution >= 0.6 is 0 Å². The van der Waals surface area contributed by atoms with Gasteiger partial charge in [0.2, 0.25) is 0 Å². The topological polar surface area (TPSA) is 40.5 Å². The van der Waals surface area contributed by atoms with Crippen molar-refractivity contribution in [2.24, 2.45) is 0 Å². The predicted molar refractivity (Wildman–Crippen MR) is 46.7 cm³/mol. The summed E-state index contributed by atoms with van der Waals surface area (Å²) in [6.45, 7) is 9.60. The fourth-order valence-corrected chi connectivity index (χ4v) is 0.224. The highest BCUT2D eigenvalue weighted by atomic mass is 16.4. The van der Waals surface area contributed by atoms with Gasteiger partial charge in [-0.1, -0.05) is 20.4 Å². The first-order chi connectivity index (χ1) is 5.08. The fraction of sp³-hybridized carbons (Fsp3) is 0.625. The highest BCUT2D eigenvalue weighted by molar-refractivity contribution is 5.78. The van der Waals surface area contributed by atoms with Gasteiger partial charge in [-0.25, -0.2) is 4.79 Å². The monoisotopic (exact) mass is 159 g/mol. The van der Waals surface area contributed by atoms with Crippen molar-refractivity contribution in [3.63, 3.8) is 0 Å². The highest BCUT2D eigenvalue weighted by Crippen LogP contribution is 1.73. The second-order valence-electron chi connectivity index (χ2n) is 2.03. The van der Waals surface area contributed by atoms with Crippen LogP contribution in [0.15, 0.2) is 12.7 Å². The number of carboxylic acid groups (broad SMARTS) is 1. The molecule has 1 N–H and O–H groups in total. The maximum Gasteiger partial charge on any atom is 0.327 e. The lowest BCUT2D eigenvalue weighted by atomic mass is 10.6. The number of rotatable bonds is 3. The first-order valence-corrected chi connectivity index (χ1v) is 3.62. The average Bonchev–Trinajstić information content (AvgIpc) is 2.04. The van der Waals surface area contributed by atoms with E-state index < -0.39 is 5.97 Å². The number of hydrogen-bond acceptors (Lipinski definition) is 2. The first kappa shape index (κ1) is 12.8. The molecule has 0 saturated carbocycles. The molecule has 0 bridgehead atoms. The molecule has 0 atom stereocenters. The van der Waals surface area contributed by atoms with Crippen LogP contribution in [-0.4, -0.2) is 36.1 Å². The van der Waals surface area contributed by atoms with Crippen molar-refractivity contribution >= 4 is 5.97 Å². The molecule has 3 heteroatoms. The maximum absolute atomic E-state index is 9.25. The van der Waals surface area contributed by atoms with Crippen LogP contribution in [0.2, 0.25) is 0 Å². The minimum Gasteiger partial charge on any atom is -0.478 e. The molecule has 0 spiro atoms. The molecule has 0 aliphatic carbocycles. The summed E-state index contributed by atoms with van der Waals surface area (Å²) in [5.74, 6) is -0.981. The van der Waals surface area contributed by atoms with Gasteiger partial charge in [0.25, 0.3) is 0 Å². The average molecular weight is 159 g/mol. The maximum atomic E-state index is 9.25. The van der Waals surface area contributed by atoms with E-state index in [1.165, 1.54) is 0 Å². The van der Waals surface area contributed by atoms with Crippen LogP contribution in [0.1, 0.15) is 13.8 Å². The summed E-state index contributed by atoms with van der Waals surface area (Å²) in [5.41, 5.74) is 0. The van der Waals surface area contributed by atoms with Crippen LogP contribution in [0.25, 0.3) is 0 Å². The van der Waals surface area contributed by atoms with E-state index in [4.69, 9.17) is 5.11 Å². The van der Waals surface area contributed by atoms with Crippen molar-refractivity contribution in [2.75, 3.05) is 20.1 Å². The zero-order valence-corrected chi connectivity index (χ0v) is 7.50. The molecule has 0 aromatic carbocycles. The first-order valence-electron chi connectivity index (χ1n) is 3.62. The molecule has 0 aromatic rings. The second kappa shape index (κ2) is 9.17. The van der Waals surface area contributed by atoms with E-state index in [2.05, 4.69) is 32.4 Å². The lowest BCUT2D eigenvalue weighted by molar-refractivity contribution is -0.131. The van der Waals surface area contributed by atoms with Gasteiger partial charge in [-0.15, -0.1) is 0 Å². The van der Waals surface area contributed by atoms with Gasteiger partial charge in [0, 0.05) is 6.08 Å². The summed E-state index contributed by atoms with van der Waals surface area (Å²) in [5, 5.41) is 7.60. The zero-order chi connectivity index (χ0) is 9.28. The SMILES string of the molecule is C=CC(=O)O.CCN(C)CC. The highest BCUT2D eigenvalue weighted by Gasteiger charge is 1.81. The van der Waals surface area contributed by atoms with Gasteiger partial charge in [0.1, 0.15) is 0 Å². The van der Waals surface area contributed by atoms with E-state index in [0.29, 0.717) is 0 Å². The normalized spacial score (nSPS) is 8.36. The Kier molecular flexibility index (Phi) is 10.7. The van der Waals surface area contributed by atoms with E-state index in [-0.39, 0.29) is 0 Å². The van der Waals surface area contributed by atoms with Crippen molar-refractivity contribution < 1.29 is 9.90 Å². The van der Waals surface area contributed by atoms with E-state index >= 15 is 0 Å². The Morgan fingerprint density at radius 1 is 1.55 bits per heavy atom. The van der Waals surface area contributed by atoms with Crippen LogP contribution < -0.4 is 0 Å². The number of nitrogens with zero attached hydrogens (tertiary/aromatic N) is 1. The van der Waals surface area contributed by atoms with Crippen LogP contribution in [0.5, 0.6) is 0 Å². The Morgan fingerprint density at radius 3 is 1.82 bits per heavy atom. The standard InChI is InChI=1S/C5H13N.C3H4O2/c1-4-6(3)5-2;1-2-3(4)5/h4-5H2,1-3H3;2H,1H2,(H,4,5). The molecule has 3 nitrogen and oxygen atoms in total. The molecule has 0 unspecified atom stereocenters. The lowest BCUT2D eigenvalue weighted by Gasteiger charge is -2.07. The van der Waals surface area contributed by atoms with E-state index in [1.807, 2.05) is 0 Å². The van der Waals surface area contributed by atoms with E-state index in [0.717, 1.165) is 19.2 Å². The van der Waals surface area contributed by atoms with Gasteiger partial charge in [-0.3, -0.25) is 0 Å². The predicted octanol–water partition coefficient (Wildman–Crippen LogP) is 1.21. The summed E-state index contributed by atoms with van der Waals surface area (Å²) in [4.78, 5) is 11.5. The Labute approximate surface area is 68.3 Å². The van der Waals surface area contributed by atoms with E-state index in [1.54, 1.807) is 0 Å². The van der Waals surface area contributed by atoms with Crippen molar-refractivity contribution in [3.8, 4) is 0 Å². The molecule has 0 aliphatic rings. The van der Waals surface area contributed by atoms with Crippen LogP contribution in [0.4, 0.5) is 0 Å². The largest absolute Gasteiger partial charge is 0.478 e. The van der Waals surface area contributed by atoms with Crippen LogP contribution in [0.3, 0.4) is 0 Å². The Balaban J connectivity index is 0. The molecule has 0 amide bonds. The van der Waals surface area contributed by atoms with Crippen molar-refractivity contribution in [1.82, 2.24) is 4.90 Å². The van der Waals surface area contributed by atoms with Crippen molar-refractivity contribution in [3.05, 3.63) is 12.7 Å². The molecule has 11 heavy (non-hydrogen) atoms. The van der Waals surface area contributed by atoms with Crippen LogP contribution in [-0.2, 0) is 4.79 Å². The minimum absolute atomic E-state index is 0.833. The van der Waals surface area contributed by atoms with Gasteiger partial charge in [-0.2, -0.15) is 0 Å². The van der Waals surface area contributed by atoms with Gasteiger partial charge in [-0.05, 0) is 20.1 Å². The third kappa shape index (κ3) is 17.6. The van der Waals surface area contributed by atoms with Gasteiger partial charge in [0.05, 0.1) is 0 Å². The van der Waals surface area contributed by atoms with Gasteiger partial charge < -0.3 is 10.0 Å². The minimum atomic E-state index is -0.981. The van der Waals surface area contributed by atoms with Gasteiger partial charge >= 0.3 is 5.97 Å². The van der Waals surface area contributed by atoms with Gasteiger partial charge in [0.15, 0.2) is 0 Å². The quantitative estimate of drug-likeness (QED) is 0.629. The number of hydrogen-bond donors (Lipinski definition) is 1. The summed E-state index contributed by atoms with van der Waals surface area (Å²) >= 11 is 0. The molecule has 0 heterocycles. The molecule has 0 saturated heterocycles. The summed E-state index contributed by atoms with van der Waals surface area (Å²) < 4.78 is 0. The third-order valence-corrected chi connectivity index (χ3v) is 1.25. The summed E-state index contributed by atoms with van der Waals surface area (Å²) in [7, 11) is 2.11. The molecule has 0 rings (SSSR count). The second-order valence-corrected chi connectivity index (χ2v) is 2.03. The molecule has 0 fully saturated rings. The zero-order valence-electron chi connectivity index (χ0n) is 7.50. The van der Waals surface area contributed by atoms with Crippen molar-refractivity contribution in [1.29, 1.82) is 0 Å². The molecule has 0 aliphatic heterocycles. The third-order valence-electron chi connectivity index (χ3n) is 1.25. The summed E-state index contributed by atoms with van der Waals surface area (Å²) in [6.07, 6.45) is 0.833. The molecule has 0 aromatic heterocycles. The van der Waals surface area contributed by atoms with Crippen molar-refractivity contribution in [2.45, 2.75) is 13.8 Å². The molecule has 0 radical (unpaired) electrons. The molecular weight excluding hydrogens is 142 g/mol. The smallest absolute Gasteiger partial charge is 0.327 e. The Morgan fingerprint density at radius 2 is 1.82 bits per heavy atom. The Bertz CT molecular complexity index is 109. The van der Waals surface area contributed by atoms with Crippen LogP contribution in [0, 0.1) is 0 Å². The molecule has 66 valence electrons. The summed E-state index contributed by atoms with van der Waals surface area (Å²) in [6, 6.07) is 0. The fourth-order valence-electron chi connectivity index (χ4n) is 0.224. The number of aliphatic carboxylic acids is 1. The lowest BCUT2D eigenvalue weighted by Crippen LogP contribution is -2.15. The number of carbonyl (C=O) groups is 1. The number of carboxylic acids is 1. The molecular formula is C8H17NO2.